The van der Waals surface area contributed by atoms with Gasteiger partial charge in [-0.1, -0.05) is 11.8 Å². The molecule has 2 rings (SSSR count). The van der Waals surface area contributed by atoms with Crippen LogP contribution in [0, 0.1) is 5.82 Å². The van der Waals surface area contributed by atoms with Crippen molar-refractivity contribution in [3.05, 3.63) is 35.6 Å². The van der Waals surface area contributed by atoms with E-state index < -0.39 is 0 Å². The van der Waals surface area contributed by atoms with Crippen LogP contribution in [0.3, 0.4) is 0 Å². The Hall–Kier alpha value is -0.830. The number of hydrogen-bond donors (Lipinski definition) is 0. The summed E-state index contributed by atoms with van der Waals surface area (Å²) in [6, 6.07) is 6.68. The molecule has 0 N–H and O–H groups in total. The molecular formula is C10H11FNS+. The van der Waals surface area contributed by atoms with Gasteiger partial charge in [0.15, 0.2) is 6.54 Å². The van der Waals surface area contributed by atoms with Crippen LogP contribution in [0.5, 0.6) is 0 Å². The lowest BCUT2D eigenvalue weighted by atomic mass is 10.2. The molecule has 0 saturated heterocycles. The Labute approximate surface area is 81.3 Å². The van der Waals surface area contributed by atoms with Gasteiger partial charge in [0.1, 0.15) is 12.9 Å². The molecule has 13 heavy (non-hydrogen) atoms. The van der Waals surface area contributed by atoms with Gasteiger partial charge in [0.25, 0.3) is 0 Å². The molecule has 0 unspecified atom stereocenters. The van der Waals surface area contributed by atoms with E-state index in [2.05, 4.69) is 11.6 Å². The summed E-state index contributed by atoms with van der Waals surface area (Å²) in [5, 5.41) is 1.25. The zero-order chi connectivity index (χ0) is 9.26. The number of benzene rings is 1. The highest BCUT2D eigenvalue weighted by Gasteiger charge is 2.20. The van der Waals surface area contributed by atoms with Crippen LogP contribution in [-0.4, -0.2) is 29.0 Å². The van der Waals surface area contributed by atoms with Crippen molar-refractivity contribution in [3.8, 4) is 0 Å². The first-order valence-corrected chi connectivity index (χ1v) is 5.23. The fourth-order valence-corrected chi connectivity index (χ4v) is 2.56. The van der Waals surface area contributed by atoms with Crippen LogP contribution in [0.15, 0.2) is 24.3 Å². The first-order valence-electron chi connectivity index (χ1n) is 4.24. The standard InChI is InChI=1S/C10H11FNS/c1-12-6-7-13-10(12)8-2-4-9(11)5-3-8/h2-5H,6-7H2,1H3/q+1. The molecule has 0 bridgehead atoms. The van der Waals surface area contributed by atoms with Gasteiger partial charge in [-0.25, -0.2) is 8.97 Å². The molecule has 0 saturated carbocycles. The maximum atomic E-state index is 12.6. The van der Waals surface area contributed by atoms with Crippen LogP contribution in [0.2, 0.25) is 0 Å². The number of nitrogens with zero attached hydrogens (tertiary/aromatic N) is 1. The Morgan fingerprint density at radius 3 is 2.54 bits per heavy atom. The summed E-state index contributed by atoms with van der Waals surface area (Å²) in [4.78, 5) is 0. The normalized spacial score (nSPS) is 16.8. The van der Waals surface area contributed by atoms with Crippen LogP contribution in [0.4, 0.5) is 4.39 Å². The van der Waals surface area contributed by atoms with E-state index in [1.54, 1.807) is 0 Å². The van der Waals surface area contributed by atoms with E-state index in [4.69, 9.17) is 0 Å². The van der Waals surface area contributed by atoms with Gasteiger partial charge < -0.3 is 0 Å². The fraction of sp³-hybridized carbons (Fsp3) is 0.300. The maximum absolute atomic E-state index is 12.6. The second kappa shape index (κ2) is 3.50. The van der Waals surface area contributed by atoms with Crippen LogP contribution in [-0.2, 0) is 0 Å². The molecule has 3 heteroatoms. The van der Waals surface area contributed by atoms with E-state index in [9.17, 15) is 4.39 Å². The Kier molecular flexibility index (Phi) is 2.36. The zero-order valence-electron chi connectivity index (χ0n) is 7.46. The van der Waals surface area contributed by atoms with Crippen molar-refractivity contribution in [2.24, 2.45) is 0 Å². The fourth-order valence-electron chi connectivity index (χ4n) is 1.39. The lowest BCUT2D eigenvalue weighted by Gasteiger charge is -1.96. The summed E-state index contributed by atoms with van der Waals surface area (Å²) in [5.41, 5.74) is 1.12. The van der Waals surface area contributed by atoms with E-state index in [0.717, 1.165) is 17.9 Å². The molecule has 1 aromatic rings. The SMILES string of the molecule is C[N+]1=C(c2ccc(F)cc2)SCC1. The van der Waals surface area contributed by atoms with Gasteiger partial charge in [0.2, 0.25) is 5.04 Å². The van der Waals surface area contributed by atoms with Crippen LogP contribution >= 0.6 is 11.8 Å². The topological polar surface area (TPSA) is 3.01 Å². The Morgan fingerprint density at radius 2 is 2.00 bits per heavy atom. The molecule has 1 nitrogen and oxygen atoms in total. The largest absolute Gasteiger partial charge is 0.242 e. The molecule has 1 aromatic carbocycles. The summed E-state index contributed by atoms with van der Waals surface area (Å²) < 4.78 is 14.8. The summed E-state index contributed by atoms with van der Waals surface area (Å²) >= 11 is 1.83. The second-order valence-electron chi connectivity index (χ2n) is 3.08. The molecule has 0 spiro atoms. The first-order chi connectivity index (χ1) is 6.27. The van der Waals surface area contributed by atoms with Crippen LogP contribution < -0.4 is 0 Å². The van der Waals surface area contributed by atoms with Crippen molar-refractivity contribution in [1.29, 1.82) is 0 Å². The molecule has 1 aliphatic rings. The second-order valence-corrected chi connectivity index (χ2v) is 4.17. The van der Waals surface area contributed by atoms with Crippen LogP contribution in [0.25, 0.3) is 0 Å². The highest BCUT2D eigenvalue weighted by atomic mass is 32.2. The van der Waals surface area contributed by atoms with Gasteiger partial charge in [-0.2, -0.15) is 0 Å². The van der Waals surface area contributed by atoms with Crippen molar-refractivity contribution in [2.75, 3.05) is 19.3 Å². The molecule has 0 fully saturated rings. The minimum atomic E-state index is -0.171. The lowest BCUT2D eigenvalue weighted by Crippen LogP contribution is -2.09. The molecule has 0 aliphatic carbocycles. The average Bonchev–Trinajstić information content (AvgIpc) is 2.53. The molecule has 0 atom stereocenters. The number of thioether (sulfide) groups is 1. The Balaban J connectivity index is 2.36. The van der Waals surface area contributed by atoms with Gasteiger partial charge in [-0.3, -0.25) is 0 Å². The highest BCUT2D eigenvalue weighted by molar-refractivity contribution is 8.14. The highest BCUT2D eigenvalue weighted by Crippen LogP contribution is 2.18. The zero-order valence-corrected chi connectivity index (χ0v) is 8.27. The molecule has 68 valence electrons. The minimum Gasteiger partial charge on any atom is -0.226 e. The molecule has 0 amide bonds. The summed E-state index contributed by atoms with van der Waals surface area (Å²) in [5.74, 6) is 0.957. The molecule has 1 heterocycles. The third-order valence-electron chi connectivity index (χ3n) is 2.10. The van der Waals surface area contributed by atoms with E-state index in [1.165, 1.54) is 17.2 Å². The number of halogens is 1. The van der Waals surface area contributed by atoms with E-state index >= 15 is 0 Å². The summed E-state index contributed by atoms with van der Waals surface area (Å²) in [6.45, 7) is 1.08. The van der Waals surface area contributed by atoms with Gasteiger partial charge in [-0.05, 0) is 24.3 Å². The van der Waals surface area contributed by atoms with E-state index in [1.807, 2.05) is 23.9 Å². The minimum absolute atomic E-state index is 0.171. The summed E-state index contributed by atoms with van der Waals surface area (Å²) in [6.07, 6.45) is 0. The van der Waals surface area contributed by atoms with Crippen molar-refractivity contribution < 1.29 is 8.97 Å². The van der Waals surface area contributed by atoms with Crippen molar-refractivity contribution >= 4 is 16.8 Å². The van der Waals surface area contributed by atoms with Gasteiger partial charge in [0.05, 0.1) is 11.3 Å². The van der Waals surface area contributed by atoms with Crippen molar-refractivity contribution in [3.63, 3.8) is 0 Å². The Morgan fingerprint density at radius 1 is 1.31 bits per heavy atom. The predicted molar refractivity (Wildman–Crippen MR) is 54.0 cm³/mol. The van der Waals surface area contributed by atoms with Crippen molar-refractivity contribution in [1.82, 2.24) is 0 Å². The molecular weight excluding hydrogens is 185 g/mol. The molecule has 0 aromatic heterocycles. The average molecular weight is 196 g/mol. The maximum Gasteiger partial charge on any atom is 0.242 e. The van der Waals surface area contributed by atoms with E-state index in [-0.39, 0.29) is 5.82 Å². The van der Waals surface area contributed by atoms with Gasteiger partial charge in [0, 0.05) is 0 Å². The smallest absolute Gasteiger partial charge is 0.226 e. The quantitative estimate of drug-likeness (QED) is 0.620. The summed E-state index contributed by atoms with van der Waals surface area (Å²) in [7, 11) is 2.07. The number of hydrogen-bond acceptors (Lipinski definition) is 1. The monoisotopic (exact) mass is 196 g/mol. The molecule has 0 radical (unpaired) electrons. The number of rotatable bonds is 1. The van der Waals surface area contributed by atoms with Crippen molar-refractivity contribution in [2.45, 2.75) is 0 Å². The van der Waals surface area contributed by atoms with Gasteiger partial charge >= 0.3 is 0 Å². The lowest BCUT2D eigenvalue weighted by molar-refractivity contribution is -0.485. The van der Waals surface area contributed by atoms with Gasteiger partial charge in [-0.15, -0.1) is 0 Å². The third kappa shape index (κ3) is 1.75. The predicted octanol–water partition coefficient (Wildman–Crippen LogP) is 1.96. The van der Waals surface area contributed by atoms with E-state index in [0.29, 0.717) is 0 Å². The first kappa shape index (κ1) is 8.75. The Bertz CT molecular complexity index is 342. The van der Waals surface area contributed by atoms with Crippen LogP contribution in [0.1, 0.15) is 5.56 Å². The molecule has 1 aliphatic heterocycles. The third-order valence-corrected chi connectivity index (χ3v) is 3.31.